The number of nitrogens with zero attached hydrogens (tertiary/aromatic N) is 5. The van der Waals surface area contributed by atoms with Crippen molar-refractivity contribution in [3.05, 3.63) is 42.5 Å². The predicted octanol–water partition coefficient (Wildman–Crippen LogP) is 6.40. The first-order valence-corrected chi connectivity index (χ1v) is 13.9. The number of anilines is 1. The molecule has 0 spiro atoms. The third-order valence-electron chi connectivity index (χ3n) is 8.17. The summed E-state index contributed by atoms with van der Waals surface area (Å²) in [5, 5.41) is 12.0. The van der Waals surface area contributed by atoms with Crippen molar-refractivity contribution in [3.63, 3.8) is 0 Å². The lowest BCUT2D eigenvalue weighted by atomic mass is 9.87. The number of rotatable bonds is 6. The van der Waals surface area contributed by atoms with Gasteiger partial charge in [0.1, 0.15) is 5.69 Å². The topological polar surface area (TPSA) is 94.2 Å². The van der Waals surface area contributed by atoms with Crippen LogP contribution in [-0.2, 0) is 4.79 Å². The first-order valence-electron chi connectivity index (χ1n) is 13.9. The van der Waals surface area contributed by atoms with E-state index in [1.807, 2.05) is 18.2 Å². The first kappa shape index (κ1) is 24.7. The Hall–Kier alpha value is -3.62. The summed E-state index contributed by atoms with van der Waals surface area (Å²) in [6.45, 7) is 0. The Labute approximate surface area is 220 Å². The van der Waals surface area contributed by atoms with Crippen LogP contribution in [0.1, 0.15) is 81.8 Å². The number of hydrogen-bond acceptors (Lipinski definition) is 5. The van der Waals surface area contributed by atoms with Crippen molar-refractivity contribution in [1.29, 1.82) is 0 Å². The van der Waals surface area contributed by atoms with Gasteiger partial charge in [-0.2, -0.15) is 9.78 Å². The van der Waals surface area contributed by atoms with E-state index < -0.39 is 5.82 Å². The van der Waals surface area contributed by atoms with Crippen LogP contribution in [0.2, 0.25) is 0 Å². The average molecular weight is 517 g/mol. The lowest BCUT2D eigenvalue weighted by Crippen LogP contribution is -2.20. The van der Waals surface area contributed by atoms with Crippen LogP contribution in [-0.4, -0.2) is 36.2 Å². The van der Waals surface area contributed by atoms with E-state index in [-0.39, 0.29) is 29.0 Å². The van der Waals surface area contributed by atoms with Gasteiger partial charge in [-0.25, -0.2) is 13.9 Å². The SMILES string of the molecule is O=C(CC1CCCCC1)Nc1nn(C(=O)CC2CCCCC2)c2nc(-c3cnn4ccccc34)c(F)cc12. The highest BCUT2D eigenvalue weighted by Gasteiger charge is 2.26. The van der Waals surface area contributed by atoms with Crippen molar-refractivity contribution in [1.82, 2.24) is 24.4 Å². The fourth-order valence-corrected chi connectivity index (χ4v) is 6.15. The number of amides is 1. The summed E-state index contributed by atoms with van der Waals surface area (Å²) in [4.78, 5) is 31.0. The van der Waals surface area contributed by atoms with Crippen molar-refractivity contribution in [3.8, 4) is 11.3 Å². The Morgan fingerprint density at radius 2 is 1.68 bits per heavy atom. The first-order chi connectivity index (χ1) is 18.6. The number of hydrogen-bond donors (Lipinski definition) is 1. The fraction of sp³-hybridized carbons (Fsp3) is 0.483. The van der Waals surface area contributed by atoms with Crippen LogP contribution in [0.3, 0.4) is 0 Å². The largest absolute Gasteiger partial charge is 0.309 e. The molecule has 1 N–H and O–H groups in total. The molecule has 0 radical (unpaired) electrons. The smallest absolute Gasteiger partial charge is 0.249 e. The molecule has 8 nitrogen and oxygen atoms in total. The van der Waals surface area contributed by atoms with E-state index in [4.69, 9.17) is 0 Å². The minimum atomic E-state index is -0.557. The highest BCUT2D eigenvalue weighted by molar-refractivity contribution is 6.02. The monoisotopic (exact) mass is 516 g/mol. The molecule has 0 aromatic carbocycles. The van der Waals surface area contributed by atoms with Gasteiger partial charge in [-0.05, 0) is 55.7 Å². The summed E-state index contributed by atoms with van der Waals surface area (Å²) in [7, 11) is 0. The number of nitrogens with one attached hydrogen (secondary N) is 1. The van der Waals surface area contributed by atoms with E-state index >= 15 is 4.39 Å². The van der Waals surface area contributed by atoms with Crippen molar-refractivity contribution in [2.24, 2.45) is 11.8 Å². The van der Waals surface area contributed by atoms with E-state index in [1.165, 1.54) is 23.6 Å². The van der Waals surface area contributed by atoms with E-state index in [9.17, 15) is 9.59 Å². The highest BCUT2D eigenvalue weighted by atomic mass is 19.1. The van der Waals surface area contributed by atoms with Crippen molar-refractivity contribution >= 4 is 34.2 Å². The normalized spacial score (nSPS) is 17.3. The van der Waals surface area contributed by atoms with Crippen LogP contribution in [0.15, 0.2) is 36.7 Å². The Balaban J connectivity index is 1.38. The van der Waals surface area contributed by atoms with Crippen LogP contribution in [0.4, 0.5) is 10.2 Å². The summed E-state index contributed by atoms with van der Waals surface area (Å²) in [6, 6.07) is 6.88. The molecular weight excluding hydrogens is 483 g/mol. The summed E-state index contributed by atoms with van der Waals surface area (Å²) in [6.07, 6.45) is 15.2. The minimum Gasteiger partial charge on any atom is -0.309 e. The zero-order valence-electron chi connectivity index (χ0n) is 21.5. The molecule has 0 bridgehead atoms. The van der Waals surface area contributed by atoms with Crippen molar-refractivity contribution < 1.29 is 14.0 Å². The van der Waals surface area contributed by atoms with Gasteiger partial charge in [-0.1, -0.05) is 44.6 Å². The molecule has 0 atom stereocenters. The standard InChI is InChI=1S/C29H33FN6O2/c30-23-17-21-28(32-25(37)15-19-9-3-1-4-10-19)34-36(26(38)16-20-11-5-2-6-12-20)29(21)33-27(23)22-18-31-35-14-8-7-13-24(22)35/h7-8,13-14,17-20H,1-6,9-12,15-16H2,(H,32,34,37). The molecule has 1 amide bonds. The van der Waals surface area contributed by atoms with Crippen LogP contribution in [0, 0.1) is 17.7 Å². The molecule has 2 saturated carbocycles. The van der Waals surface area contributed by atoms with Crippen LogP contribution < -0.4 is 5.32 Å². The molecule has 0 saturated heterocycles. The molecule has 198 valence electrons. The highest BCUT2D eigenvalue weighted by Crippen LogP contribution is 2.33. The molecule has 4 aromatic heterocycles. The van der Waals surface area contributed by atoms with Gasteiger partial charge in [-0.3, -0.25) is 9.59 Å². The van der Waals surface area contributed by atoms with Crippen LogP contribution in [0.5, 0.6) is 0 Å². The molecule has 2 aliphatic carbocycles. The number of halogens is 1. The Morgan fingerprint density at radius 3 is 2.42 bits per heavy atom. The van der Waals surface area contributed by atoms with E-state index in [0.29, 0.717) is 41.1 Å². The molecule has 2 aliphatic rings. The maximum absolute atomic E-state index is 15.5. The van der Waals surface area contributed by atoms with Gasteiger partial charge in [-0.15, -0.1) is 5.10 Å². The number of fused-ring (bicyclic) bond motifs is 2. The summed E-state index contributed by atoms with van der Waals surface area (Å²) < 4.78 is 18.5. The molecule has 38 heavy (non-hydrogen) atoms. The third kappa shape index (κ3) is 4.93. The zero-order valence-corrected chi connectivity index (χ0v) is 21.5. The van der Waals surface area contributed by atoms with Crippen molar-refractivity contribution in [2.75, 3.05) is 5.32 Å². The molecule has 6 rings (SSSR count). The molecule has 9 heteroatoms. The molecule has 0 unspecified atom stereocenters. The van der Waals surface area contributed by atoms with Crippen molar-refractivity contribution in [2.45, 2.75) is 77.0 Å². The second kappa shape index (κ2) is 10.6. The quantitative estimate of drug-likeness (QED) is 0.320. The van der Waals surface area contributed by atoms with E-state index in [0.717, 1.165) is 51.4 Å². The van der Waals surface area contributed by atoms with Crippen LogP contribution in [0.25, 0.3) is 27.8 Å². The number of carbonyl (C=O) groups is 2. The average Bonchev–Trinajstić information content (AvgIpc) is 3.51. The van der Waals surface area contributed by atoms with Gasteiger partial charge in [0.25, 0.3) is 0 Å². The number of aromatic nitrogens is 5. The van der Waals surface area contributed by atoms with E-state index in [2.05, 4.69) is 20.5 Å². The van der Waals surface area contributed by atoms with Crippen LogP contribution >= 0.6 is 0 Å². The molecule has 4 aromatic rings. The summed E-state index contributed by atoms with van der Waals surface area (Å²) in [5.41, 5.74) is 1.59. The molecule has 2 fully saturated rings. The lowest BCUT2D eigenvalue weighted by Gasteiger charge is -2.20. The maximum atomic E-state index is 15.5. The summed E-state index contributed by atoms with van der Waals surface area (Å²) in [5.74, 6) is -0.0506. The fourth-order valence-electron chi connectivity index (χ4n) is 6.15. The minimum absolute atomic E-state index is 0.102. The predicted molar refractivity (Wildman–Crippen MR) is 143 cm³/mol. The Kier molecular flexibility index (Phi) is 6.91. The second-order valence-electron chi connectivity index (χ2n) is 10.9. The second-order valence-corrected chi connectivity index (χ2v) is 10.9. The molecule has 4 heterocycles. The van der Waals surface area contributed by atoms with E-state index in [1.54, 1.807) is 16.9 Å². The lowest BCUT2D eigenvalue weighted by molar-refractivity contribution is -0.117. The maximum Gasteiger partial charge on any atom is 0.249 e. The zero-order chi connectivity index (χ0) is 26.1. The number of pyridine rings is 2. The summed E-state index contributed by atoms with van der Waals surface area (Å²) >= 11 is 0. The Bertz CT molecular complexity index is 1480. The van der Waals surface area contributed by atoms with Gasteiger partial charge in [0, 0.05) is 24.6 Å². The number of carbonyl (C=O) groups excluding carboxylic acids is 2. The van der Waals surface area contributed by atoms with Gasteiger partial charge >= 0.3 is 0 Å². The Morgan fingerprint density at radius 1 is 0.974 bits per heavy atom. The van der Waals surface area contributed by atoms with Gasteiger partial charge < -0.3 is 5.32 Å². The molecular formula is C29H33FN6O2. The van der Waals surface area contributed by atoms with Gasteiger partial charge in [0.2, 0.25) is 11.8 Å². The molecule has 0 aliphatic heterocycles. The third-order valence-corrected chi connectivity index (χ3v) is 8.17. The van der Waals surface area contributed by atoms with Gasteiger partial charge in [0.15, 0.2) is 17.3 Å². The van der Waals surface area contributed by atoms with Gasteiger partial charge in [0.05, 0.1) is 17.1 Å².